The lowest BCUT2D eigenvalue weighted by Crippen LogP contribution is -2.27. The van der Waals surface area contributed by atoms with Crippen molar-refractivity contribution in [1.29, 1.82) is 0 Å². The maximum atomic E-state index is 12.7. The second-order valence-electron chi connectivity index (χ2n) is 7.91. The van der Waals surface area contributed by atoms with Crippen LogP contribution in [0.15, 0.2) is 36.4 Å². The van der Waals surface area contributed by atoms with Crippen molar-refractivity contribution in [2.24, 2.45) is 0 Å². The van der Waals surface area contributed by atoms with E-state index in [0.29, 0.717) is 23.8 Å². The Morgan fingerprint density at radius 2 is 1.43 bits per heavy atom. The number of carbonyl (C=O) groups excluding carboxylic acids is 1. The molecule has 2 aromatic rings. The van der Waals surface area contributed by atoms with Crippen molar-refractivity contribution in [1.82, 2.24) is 4.90 Å². The number of methoxy groups -OCH3 is 3. The molecule has 0 aromatic heterocycles. The first kappa shape index (κ1) is 21.6. The van der Waals surface area contributed by atoms with Crippen LogP contribution in [0.4, 0.5) is 0 Å². The van der Waals surface area contributed by atoms with E-state index >= 15 is 0 Å². The highest BCUT2D eigenvalue weighted by Gasteiger charge is 2.17. The fraction of sp³-hybridized carbons (Fsp3) is 0.435. The third-order valence-corrected chi connectivity index (χ3v) is 4.75. The van der Waals surface area contributed by atoms with E-state index in [-0.39, 0.29) is 17.7 Å². The summed E-state index contributed by atoms with van der Waals surface area (Å²) in [7, 11) is 6.51. The minimum atomic E-state index is 0.0224. The number of nitrogens with zero attached hydrogens (tertiary/aromatic N) is 1. The Morgan fingerprint density at radius 3 is 1.86 bits per heavy atom. The summed E-state index contributed by atoms with van der Waals surface area (Å²) in [5, 5.41) is 0. The number of hydrogen-bond acceptors (Lipinski definition) is 4. The zero-order valence-electron chi connectivity index (χ0n) is 18.0. The predicted molar refractivity (Wildman–Crippen MR) is 111 cm³/mol. The molecule has 1 amide bonds. The zero-order chi connectivity index (χ0) is 20.9. The second kappa shape index (κ2) is 9.00. The van der Waals surface area contributed by atoms with Crippen LogP contribution in [0.1, 0.15) is 37.5 Å². The number of rotatable bonds is 7. The molecule has 152 valence electrons. The van der Waals surface area contributed by atoms with Crippen LogP contribution in [-0.2, 0) is 23.2 Å². The first-order valence-electron chi connectivity index (χ1n) is 9.32. The normalized spacial score (nSPS) is 11.1. The van der Waals surface area contributed by atoms with Crippen LogP contribution in [0, 0.1) is 0 Å². The van der Waals surface area contributed by atoms with Gasteiger partial charge in [-0.05, 0) is 34.2 Å². The monoisotopic (exact) mass is 385 g/mol. The molecule has 0 saturated heterocycles. The summed E-state index contributed by atoms with van der Waals surface area (Å²) in [6, 6.07) is 12.1. The van der Waals surface area contributed by atoms with E-state index in [0.717, 1.165) is 11.1 Å². The molecule has 0 N–H and O–H groups in total. The van der Waals surface area contributed by atoms with Crippen LogP contribution in [-0.4, -0.2) is 39.2 Å². The first-order valence-corrected chi connectivity index (χ1v) is 9.32. The van der Waals surface area contributed by atoms with Crippen molar-refractivity contribution < 1.29 is 19.0 Å². The molecule has 0 aliphatic carbocycles. The van der Waals surface area contributed by atoms with Gasteiger partial charge in [-0.25, -0.2) is 0 Å². The number of amides is 1. The Kier molecular flexibility index (Phi) is 6.95. The molecular weight excluding hydrogens is 354 g/mol. The van der Waals surface area contributed by atoms with Crippen LogP contribution >= 0.6 is 0 Å². The Morgan fingerprint density at radius 1 is 0.893 bits per heavy atom. The van der Waals surface area contributed by atoms with Crippen LogP contribution in [0.25, 0.3) is 0 Å². The van der Waals surface area contributed by atoms with Gasteiger partial charge in [-0.3, -0.25) is 4.79 Å². The van der Waals surface area contributed by atoms with E-state index in [2.05, 4.69) is 45.0 Å². The molecule has 0 heterocycles. The first-order chi connectivity index (χ1) is 13.2. The SMILES string of the molecule is COc1cc(CC(=O)N(C)Cc2ccc(C(C)(C)C)cc2)cc(OC)c1OC. The Hall–Kier alpha value is -2.69. The molecule has 2 rings (SSSR count). The van der Waals surface area contributed by atoms with Crippen LogP contribution in [0.3, 0.4) is 0 Å². The lowest BCUT2D eigenvalue weighted by Gasteiger charge is -2.21. The molecule has 0 unspecified atom stereocenters. The number of benzene rings is 2. The molecule has 0 aliphatic heterocycles. The van der Waals surface area contributed by atoms with Crippen molar-refractivity contribution in [3.8, 4) is 17.2 Å². The van der Waals surface area contributed by atoms with Crippen LogP contribution in [0.5, 0.6) is 17.2 Å². The standard InChI is InChI=1S/C23H31NO4/c1-23(2,3)18-10-8-16(9-11-18)15-24(4)21(25)14-17-12-19(26-5)22(28-7)20(13-17)27-6/h8-13H,14-15H2,1-7H3. The molecule has 0 bridgehead atoms. The molecule has 5 heteroatoms. The summed E-state index contributed by atoms with van der Waals surface area (Å²) in [6.45, 7) is 7.13. The summed E-state index contributed by atoms with van der Waals surface area (Å²) >= 11 is 0. The van der Waals surface area contributed by atoms with E-state index in [1.54, 1.807) is 26.2 Å². The van der Waals surface area contributed by atoms with E-state index in [1.165, 1.54) is 5.56 Å². The molecule has 0 aliphatic rings. The largest absolute Gasteiger partial charge is 0.493 e. The maximum absolute atomic E-state index is 12.7. The minimum absolute atomic E-state index is 0.0224. The van der Waals surface area contributed by atoms with Crippen molar-refractivity contribution in [3.05, 3.63) is 53.1 Å². The van der Waals surface area contributed by atoms with Crippen molar-refractivity contribution in [2.45, 2.75) is 39.2 Å². The maximum Gasteiger partial charge on any atom is 0.227 e. The van der Waals surface area contributed by atoms with Gasteiger partial charge in [0.1, 0.15) is 0 Å². The van der Waals surface area contributed by atoms with Crippen molar-refractivity contribution in [2.75, 3.05) is 28.4 Å². The topological polar surface area (TPSA) is 48.0 Å². The number of likely N-dealkylation sites (N-methyl/N-ethyl adjacent to an activating group) is 1. The van der Waals surface area contributed by atoms with E-state index in [4.69, 9.17) is 14.2 Å². The number of hydrogen-bond donors (Lipinski definition) is 0. The van der Waals surface area contributed by atoms with Gasteiger partial charge in [0.2, 0.25) is 11.7 Å². The molecule has 0 fully saturated rings. The molecule has 2 aromatic carbocycles. The lowest BCUT2D eigenvalue weighted by atomic mass is 9.87. The highest BCUT2D eigenvalue weighted by Crippen LogP contribution is 2.38. The molecule has 0 spiro atoms. The van der Waals surface area contributed by atoms with Gasteiger partial charge >= 0.3 is 0 Å². The van der Waals surface area contributed by atoms with Gasteiger partial charge in [0.05, 0.1) is 27.8 Å². The number of carbonyl (C=O) groups is 1. The molecular formula is C23H31NO4. The molecule has 0 atom stereocenters. The smallest absolute Gasteiger partial charge is 0.227 e. The summed E-state index contributed by atoms with van der Waals surface area (Å²) < 4.78 is 16.1. The third-order valence-electron chi connectivity index (χ3n) is 4.75. The minimum Gasteiger partial charge on any atom is -0.493 e. The summed E-state index contributed by atoms with van der Waals surface area (Å²) in [4.78, 5) is 14.4. The highest BCUT2D eigenvalue weighted by atomic mass is 16.5. The average Bonchev–Trinajstić information content (AvgIpc) is 2.66. The molecule has 0 saturated carbocycles. The Bertz CT molecular complexity index is 781. The fourth-order valence-electron chi connectivity index (χ4n) is 3.02. The van der Waals surface area contributed by atoms with Crippen molar-refractivity contribution >= 4 is 5.91 Å². The predicted octanol–water partition coefficient (Wildman–Crippen LogP) is 4.21. The van der Waals surface area contributed by atoms with Crippen LogP contribution in [0.2, 0.25) is 0 Å². The molecule has 0 radical (unpaired) electrons. The third kappa shape index (κ3) is 5.18. The quantitative estimate of drug-likeness (QED) is 0.716. The van der Waals surface area contributed by atoms with Gasteiger partial charge in [-0.15, -0.1) is 0 Å². The van der Waals surface area contributed by atoms with Crippen molar-refractivity contribution in [3.63, 3.8) is 0 Å². The summed E-state index contributed by atoms with van der Waals surface area (Å²) in [5.41, 5.74) is 3.32. The fourth-order valence-corrected chi connectivity index (χ4v) is 3.02. The van der Waals surface area contributed by atoms with Gasteiger partial charge < -0.3 is 19.1 Å². The van der Waals surface area contributed by atoms with E-state index in [1.807, 2.05) is 19.2 Å². The van der Waals surface area contributed by atoms with Gasteiger partial charge in [0.25, 0.3) is 0 Å². The van der Waals surface area contributed by atoms with E-state index < -0.39 is 0 Å². The Labute approximate surface area is 168 Å². The zero-order valence-corrected chi connectivity index (χ0v) is 18.0. The molecule has 28 heavy (non-hydrogen) atoms. The van der Waals surface area contributed by atoms with Crippen LogP contribution < -0.4 is 14.2 Å². The lowest BCUT2D eigenvalue weighted by molar-refractivity contribution is -0.129. The van der Waals surface area contributed by atoms with Gasteiger partial charge in [-0.1, -0.05) is 45.0 Å². The highest BCUT2D eigenvalue weighted by molar-refractivity contribution is 5.79. The van der Waals surface area contributed by atoms with Gasteiger partial charge in [-0.2, -0.15) is 0 Å². The van der Waals surface area contributed by atoms with Gasteiger partial charge in [0.15, 0.2) is 11.5 Å². The summed E-state index contributed by atoms with van der Waals surface area (Å²) in [6.07, 6.45) is 0.257. The molecule has 5 nitrogen and oxygen atoms in total. The second-order valence-corrected chi connectivity index (χ2v) is 7.91. The van der Waals surface area contributed by atoms with Gasteiger partial charge in [0, 0.05) is 13.6 Å². The Balaban J connectivity index is 2.10. The summed E-state index contributed by atoms with van der Waals surface area (Å²) in [5.74, 6) is 1.64. The van der Waals surface area contributed by atoms with E-state index in [9.17, 15) is 4.79 Å². The average molecular weight is 386 g/mol. The number of ether oxygens (including phenoxy) is 3.